The Morgan fingerprint density at radius 2 is 2.09 bits per heavy atom. The molecule has 2 heterocycles. The van der Waals surface area contributed by atoms with Crippen LogP contribution >= 0.6 is 0 Å². The van der Waals surface area contributed by atoms with Crippen LogP contribution in [0.25, 0.3) is 0 Å². The monoisotopic (exact) mass is 302 g/mol. The molecule has 1 amide bonds. The first-order chi connectivity index (χ1) is 10.7. The molecule has 0 aliphatic carbocycles. The van der Waals surface area contributed by atoms with Crippen molar-refractivity contribution in [2.75, 3.05) is 19.7 Å². The molecule has 0 saturated carbocycles. The Hall–Kier alpha value is -1.39. The molecule has 4 nitrogen and oxygen atoms in total. The number of nitrogens with zero attached hydrogens (tertiary/aromatic N) is 1. The Labute approximate surface area is 132 Å². The average molecular weight is 302 g/mol. The van der Waals surface area contributed by atoms with Crippen molar-refractivity contribution >= 4 is 5.91 Å². The first-order valence-corrected chi connectivity index (χ1v) is 8.37. The molecule has 4 heteroatoms. The third kappa shape index (κ3) is 3.18. The molecule has 2 aliphatic rings. The second kappa shape index (κ2) is 6.80. The third-order valence-electron chi connectivity index (χ3n) is 5.05. The lowest BCUT2D eigenvalue weighted by Crippen LogP contribution is -2.40. The van der Waals surface area contributed by atoms with E-state index in [1.165, 1.54) is 0 Å². The number of hydrogen-bond acceptors (Lipinski definition) is 3. The van der Waals surface area contributed by atoms with Crippen molar-refractivity contribution in [1.29, 1.82) is 0 Å². The van der Waals surface area contributed by atoms with Crippen LogP contribution in [0.4, 0.5) is 0 Å². The van der Waals surface area contributed by atoms with E-state index in [-0.39, 0.29) is 24.0 Å². The van der Waals surface area contributed by atoms with Gasteiger partial charge in [-0.05, 0) is 37.7 Å². The first-order valence-electron chi connectivity index (χ1n) is 8.37. The molecular weight excluding hydrogens is 276 g/mol. The van der Waals surface area contributed by atoms with Crippen molar-refractivity contribution in [2.24, 2.45) is 17.6 Å². The van der Waals surface area contributed by atoms with Gasteiger partial charge >= 0.3 is 0 Å². The highest BCUT2D eigenvalue weighted by molar-refractivity contribution is 5.80. The van der Waals surface area contributed by atoms with E-state index in [2.05, 4.69) is 12.1 Å². The van der Waals surface area contributed by atoms with Gasteiger partial charge in [-0.15, -0.1) is 0 Å². The summed E-state index contributed by atoms with van der Waals surface area (Å²) in [5, 5.41) is 0. The highest BCUT2D eigenvalue weighted by Gasteiger charge is 2.38. The number of carbonyl (C=O) groups is 1. The maximum absolute atomic E-state index is 13.0. The molecule has 0 bridgehead atoms. The van der Waals surface area contributed by atoms with Gasteiger partial charge < -0.3 is 15.4 Å². The van der Waals surface area contributed by atoms with Crippen LogP contribution in [0, 0.1) is 11.8 Å². The van der Waals surface area contributed by atoms with E-state index in [0.29, 0.717) is 5.92 Å². The van der Waals surface area contributed by atoms with E-state index >= 15 is 0 Å². The van der Waals surface area contributed by atoms with Crippen LogP contribution in [-0.2, 0) is 9.53 Å². The van der Waals surface area contributed by atoms with E-state index in [0.717, 1.165) is 44.5 Å². The number of carbonyl (C=O) groups excluding carboxylic acids is 1. The van der Waals surface area contributed by atoms with E-state index in [1.54, 1.807) is 0 Å². The van der Waals surface area contributed by atoms with Gasteiger partial charge in [0, 0.05) is 25.7 Å². The molecule has 120 valence electrons. The Morgan fingerprint density at radius 3 is 2.77 bits per heavy atom. The quantitative estimate of drug-likeness (QED) is 0.932. The first kappa shape index (κ1) is 15.5. The van der Waals surface area contributed by atoms with E-state index < -0.39 is 0 Å². The fourth-order valence-corrected chi connectivity index (χ4v) is 3.66. The minimum Gasteiger partial charge on any atom is -0.373 e. The van der Waals surface area contributed by atoms with Gasteiger partial charge in [-0.3, -0.25) is 4.79 Å². The fraction of sp³-hybridized carbons (Fsp3) is 0.611. The summed E-state index contributed by atoms with van der Waals surface area (Å²) in [5.74, 6) is 0.628. The maximum Gasteiger partial charge on any atom is 0.228 e. The standard InChI is InChI=1S/C18H26N2O2/c1-13(19)15-9-10-20(12-15)18(21)16-8-5-11-22-17(16)14-6-3-2-4-7-14/h2-4,6-7,13,15-17H,5,8-12,19H2,1H3. The van der Waals surface area contributed by atoms with Gasteiger partial charge in [-0.25, -0.2) is 0 Å². The molecule has 0 aromatic heterocycles. The molecular formula is C18H26N2O2. The summed E-state index contributed by atoms with van der Waals surface area (Å²) in [6.45, 7) is 4.42. The summed E-state index contributed by atoms with van der Waals surface area (Å²) in [4.78, 5) is 15.0. The van der Waals surface area contributed by atoms with E-state index in [1.807, 2.05) is 30.0 Å². The molecule has 1 aromatic rings. The van der Waals surface area contributed by atoms with Crippen LogP contribution in [-0.4, -0.2) is 36.5 Å². The minimum absolute atomic E-state index is 0.0528. The number of ether oxygens (including phenoxy) is 1. The molecule has 2 fully saturated rings. The molecule has 2 aliphatic heterocycles. The van der Waals surface area contributed by atoms with Crippen LogP contribution in [0.15, 0.2) is 30.3 Å². The summed E-state index contributed by atoms with van der Waals surface area (Å²) in [7, 11) is 0. The number of rotatable bonds is 3. The Bertz CT molecular complexity index is 503. The topological polar surface area (TPSA) is 55.6 Å². The Morgan fingerprint density at radius 1 is 1.32 bits per heavy atom. The smallest absolute Gasteiger partial charge is 0.228 e. The summed E-state index contributed by atoms with van der Waals surface area (Å²) < 4.78 is 5.96. The van der Waals surface area contributed by atoms with Gasteiger partial charge in [0.15, 0.2) is 0 Å². The zero-order valence-corrected chi connectivity index (χ0v) is 13.3. The molecule has 0 spiro atoms. The van der Waals surface area contributed by atoms with Crippen molar-refractivity contribution in [3.63, 3.8) is 0 Å². The van der Waals surface area contributed by atoms with Gasteiger partial charge in [-0.2, -0.15) is 0 Å². The van der Waals surface area contributed by atoms with Crippen LogP contribution < -0.4 is 5.73 Å². The molecule has 2 N–H and O–H groups in total. The second-order valence-electron chi connectivity index (χ2n) is 6.64. The molecule has 4 unspecified atom stereocenters. The van der Waals surface area contributed by atoms with E-state index in [4.69, 9.17) is 10.5 Å². The molecule has 2 saturated heterocycles. The Balaban J connectivity index is 1.72. The van der Waals surface area contributed by atoms with Gasteiger partial charge in [0.05, 0.1) is 12.0 Å². The predicted octanol–water partition coefficient (Wildman–Crippen LogP) is 2.35. The molecule has 0 radical (unpaired) electrons. The van der Waals surface area contributed by atoms with E-state index in [9.17, 15) is 4.79 Å². The van der Waals surface area contributed by atoms with Gasteiger partial charge in [-0.1, -0.05) is 30.3 Å². The van der Waals surface area contributed by atoms with Crippen molar-refractivity contribution in [3.05, 3.63) is 35.9 Å². The third-order valence-corrected chi connectivity index (χ3v) is 5.05. The molecule has 4 atom stereocenters. The minimum atomic E-state index is -0.100. The van der Waals surface area contributed by atoms with Gasteiger partial charge in [0.25, 0.3) is 0 Å². The number of hydrogen-bond donors (Lipinski definition) is 1. The molecule has 3 rings (SSSR count). The lowest BCUT2D eigenvalue weighted by atomic mass is 9.88. The van der Waals surface area contributed by atoms with Crippen LogP contribution in [0.5, 0.6) is 0 Å². The Kier molecular flexibility index (Phi) is 4.79. The normalized spacial score (nSPS) is 30.3. The van der Waals surface area contributed by atoms with Gasteiger partial charge in [0.2, 0.25) is 5.91 Å². The largest absolute Gasteiger partial charge is 0.373 e. The highest BCUT2D eigenvalue weighted by Crippen LogP contribution is 2.36. The molecule has 22 heavy (non-hydrogen) atoms. The summed E-state index contributed by atoms with van der Waals surface area (Å²) in [5.41, 5.74) is 7.11. The van der Waals surface area contributed by atoms with Crippen molar-refractivity contribution in [1.82, 2.24) is 4.90 Å². The van der Waals surface area contributed by atoms with Gasteiger partial charge in [0.1, 0.15) is 0 Å². The van der Waals surface area contributed by atoms with Crippen LogP contribution in [0.2, 0.25) is 0 Å². The van der Waals surface area contributed by atoms with Crippen LogP contribution in [0.3, 0.4) is 0 Å². The maximum atomic E-state index is 13.0. The van der Waals surface area contributed by atoms with Crippen molar-refractivity contribution in [3.8, 4) is 0 Å². The number of amides is 1. The van der Waals surface area contributed by atoms with Crippen LogP contribution in [0.1, 0.15) is 37.9 Å². The molecule has 1 aromatic carbocycles. The zero-order chi connectivity index (χ0) is 15.5. The predicted molar refractivity (Wildman–Crippen MR) is 86.2 cm³/mol. The summed E-state index contributed by atoms with van der Waals surface area (Å²) in [6.07, 6.45) is 2.80. The second-order valence-corrected chi connectivity index (χ2v) is 6.64. The van der Waals surface area contributed by atoms with Crippen molar-refractivity contribution < 1.29 is 9.53 Å². The SMILES string of the molecule is CC(N)C1CCN(C(=O)C2CCCOC2c2ccccc2)C1. The highest BCUT2D eigenvalue weighted by atomic mass is 16.5. The average Bonchev–Trinajstić information content (AvgIpc) is 3.05. The number of nitrogens with two attached hydrogens (primary N) is 1. The van der Waals surface area contributed by atoms with Crippen molar-refractivity contribution in [2.45, 2.75) is 38.3 Å². The summed E-state index contributed by atoms with van der Waals surface area (Å²) >= 11 is 0. The number of benzene rings is 1. The zero-order valence-electron chi connectivity index (χ0n) is 13.3. The fourth-order valence-electron chi connectivity index (χ4n) is 3.66. The number of likely N-dealkylation sites (tertiary alicyclic amines) is 1. The lowest BCUT2D eigenvalue weighted by molar-refractivity contribution is -0.144. The lowest BCUT2D eigenvalue weighted by Gasteiger charge is -2.34. The summed E-state index contributed by atoms with van der Waals surface area (Å²) in [6, 6.07) is 10.3.